The molecule has 1 aromatic heterocycles. The van der Waals surface area contributed by atoms with Crippen molar-refractivity contribution in [3.8, 4) is 0 Å². The van der Waals surface area contributed by atoms with Gasteiger partial charge in [-0.1, -0.05) is 20.8 Å². The van der Waals surface area contributed by atoms with Gasteiger partial charge in [0.15, 0.2) is 8.32 Å². The topological polar surface area (TPSA) is 74.5 Å². The molecule has 0 radical (unpaired) electrons. The van der Waals surface area contributed by atoms with Gasteiger partial charge in [0.05, 0.1) is 22.9 Å². The fourth-order valence-electron chi connectivity index (χ4n) is 2.24. The van der Waals surface area contributed by atoms with Crippen LogP contribution in [0.5, 0.6) is 0 Å². The lowest BCUT2D eigenvalue weighted by molar-refractivity contribution is -0.386. The van der Waals surface area contributed by atoms with Crippen molar-refractivity contribution in [2.45, 2.75) is 57.5 Å². The maximum absolute atomic E-state index is 11.2. The lowest BCUT2D eigenvalue weighted by Gasteiger charge is -2.40. The van der Waals surface area contributed by atoms with Crippen molar-refractivity contribution in [1.29, 1.82) is 0 Å². The molecule has 2 rings (SSSR count). The summed E-state index contributed by atoms with van der Waals surface area (Å²) >= 11 is 0. The summed E-state index contributed by atoms with van der Waals surface area (Å²) < 4.78 is 12.0. The molecule has 7 heteroatoms. The predicted molar refractivity (Wildman–Crippen MR) is 90.5 cm³/mol. The molecule has 0 aromatic carbocycles. The first-order chi connectivity index (χ1) is 10.6. The lowest BCUT2D eigenvalue weighted by atomic mass is 10.0. The van der Waals surface area contributed by atoms with Crippen LogP contribution in [0, 0.1) is 10.1 Å². The van der Waals surface area contributed by atoms with Crippen LogP contribution in [-0.4, -0.2) is 24.3 Å². The largest absolute Gasteiger partial charge is 0.493 e. The van der Waals surface area contributed by atoms with Crippen LogP contribution in [0.25, 0.3) is 0 Å². The number of nitro groups is 1. The van der Waals surface area contributed by atoms with E-state index in [1.54, 1.807) is 18.5 Å². The lowest BCUT2D eigenvalue weighted by Crippen LogP contribution is -2.44. The van der Waals surface area contributed by atoms with Crippen LogP contribution in [0.1, 0.15) is 38.9 Å². The van der Waals surface area contributed by atoms with Gasteiger partial charge in [0, 0.05) is 12.6 Å². The number of pyridine rings is 1. The Kier molecular flexibility index (Phi) is 4.91. The summed E-state index contributed by atoms with van der Waals surface area (Å²) in [5.74, 6) is 0. The second-order valence-corrected chi connectivity index (χ2v) is 12.1. The fraction of sp³-hybridized carbons (Fsp3) is 0.562. The highest BCUT2D eigenvalue weighted by molar-refractivity contribution is 6.74. The Balaban J connectivity index is 2.18. The minimum atomic E-state index is -1.91. The van der Waals surface area contributed by atoms with E-state index in [2.05, 4.69) is 38.8 Å². The number of aromatic nitrogens is 1. The fourth-order valence-corrected chi connectivity index (χ4v) is 3.52. The van der Waals surface area contributed by atoms with Crippen LogP contribution in [0.2, 0.25) is 18.1 Å². The molecule has 1 aromatic rings. The molecule has 0 spiro atoms. The summed E-state index contributed by atoms with van der Waals surface area (Å²) in [4.78, 5) is 14.6. The first-order valence-electron chi connectivity index (χ1n) is 7.70. The Bertz CT molecular complexity index is 610. The van der Waals surface area contributed by atoms with Crippen molar-refractivity contribution in [2.75, 3.05) is 0 Å². The van der Waals surface area contributed by atoms with Crippen LogP contribution < -0.4 is 0 Å². The molecule has 1 aliphatic rings. The Hall–Kier alpha value is -1.73. The van der Waals surface area contributed by atoms with Crippen molar-refractivity contribution in [2.24, 2.45) is 0 Å². The molecular weight excluding hydrogens is 312 g/mol. The maximum atomic E-state index is 11.2. The maximum Gasteiger partial charge on any atom is 0.294 e. The van der Waals surface area contributed by atoms with Gasteiger partial charge in [-0.25, -0.2) is 0 Å². The zero-order chi connectivity index (χ0) is 17.3. The van der Waals surface area contributed by atoms with E-state index in [-0.39, 0.29) is 16.8 Å². The quantitative estimate of drug-likeness (QED) is 0.464. The minimum absolute atomic E-state index is 0.0149. The van der Waals surface area contributed by atoms with Crippen molar-refractivity contribution < 1.29 is 14.1 Å². The molecule has 0 saturated heterocycles. The Morgan fingerprint density at radius 3 is 2.74 bits per heavy atom. The molecule has 23 heavy (non-hydrogen) atoms. The normalized spacial score (nSPS) is 21.8. The summed E-state index contributed by atoms with van der Waals surface area (Å²) in [7, 11) is -1.91. The third-order valence-corrected chi connectivity index (χ3v) is 9.12. The summed E-state index contributed by atoms with van der Waals surface area (Å²) in [5, 5.41) is 11.3. The van der Waals surface area contributed by atoms with Gasteiger partial charge in [-0.05, 0) is 30.3 Å². The third-order valence-electron chi connectivity index (χ3n) is 4.61. The van der Waals surface area contributed by atoms with Crippen LogP contribution in [0.3, 0.4) is 0 Å². The van der Waals surface area contributed by atoms with Crippen molar-refractivity contribution in [1.82, 2.24) is 4.98 Å². The van der Waals surface area contributed by atoms with Gasteiger partial charge in [-0.2, -0.15) is 0 Å². The van der Waals surface area contributed by atoms with E-state index in [1.165, 1.54) is 6.20 Å². The Morgan fingerprint density at radius 2 is 2.13 bits per heavy atom. The zero-order valence-electron chi connectivity index (χ0n) is 14.3. The minimum Gasteiger partial charge on any atom is -0.493 e. The SMILES string of the molecule is CC(C)(C)[Si](C)(C)OC1C=COC(c2ccncc2[N+](=O)[O-])C1. The smallest absolute Gasteiger partial charge is 0.294 e. The predicted octanol–water partition coefficient (Wildman–Crippen LogP) is 4.36. The monoisotopic (exact) mass is 336 g/mol. The third kappa shape index (κ3) is 3.97. The molecule has 0 saturated carbocycles. The highest BCUT2D eigenvalue weighted by atomic mass is 28.4. The first kappa shape index (κ1) is 17.6. The second-order valence-electron chi connectivity index (χ2n) is 7.30. The summed E-state index contributed by atoms with van der Waals surface area (Å²) in [6.07, 6.45) is 6.38. The average molecular weight is 336 g/mol. The molecule has 2 atom stereocenters. The van der Waals surface area contributed by atoms with Crippen LogP contribution in [0.15, 0.2) is 30.8 Å². The van der Waals surface area contributed by atoms with E-state index < -0.39 is 19.3 Å². The van der Waals surface area contributed by atoms with Crippen molar-refractivity contribution >= 4 is 14.0 Å². The second kappa shape index (κ2) is 6.41. The van der Waals surface area contributed by atoms with Gasteiger partial charge in [0.2, 0.25) is 0 Å². The molecule has 0 bridgehead atoms. The highest BCUT2D eigenvalue weighted by Crippen LogP contribution is 2.40. The van der Waals surface area contributed by atoms with Gasteiger partial charge < -0.3 is 9.16 Å². The van der Waals surface area contributed by atoms with E-state index >= 15 is 0 Å². The van der Waals surface area contributed by atoms with Gasteiger partial charge in [-0.3, -0.25) is 15.1 Å². The standard InChI is InChI=1S/C16H24N2O4Si/c1-16(2,3)23(4,5)22-12-7-9-21-15(10-12)13-6-8-17-11-14(13)18(19)20/h6-9,11-12,15H,10H2,1-5H3. The molecule has 0 N–H and O–H groups in total. The highest BCUT2D eigenvalue weighted by Gasteiger charge is 2.40. The number of ether oxygens (including phenoxy) is 1. The first-order valence-corrected chi connectivity index (χ1v) is 10.6. The van der Waals surface area contributed by atoms with E-state index in [0.717, 1.165) is 0 Å². The van der Waals surface area contributed by atoms with E-state index in [1.807, 2.05) is 6.08 Å². The van der Waals surface area contributed by atoms with E-state index in [0.29, 0.717) is 12.0 Å². The number of hydrogen-bond donors (Lipinski definition) is 0. The molecule has 6 nitrogen and oxygen atoms in total. The van der Waals surface area contributed by atoms with Gasteiger partial charge in [-0.15, -0.1) is 0 Å². The van der Waals surface area contributed by atoms with Crippen molar-refractivity contribution in [3.05, 3.63) is 46.5 Å². The average Bonchev–Trinajstić information content (AvgIpc) is 2.46. The molecule has 0 fully saturated rings. The van der Waals surface area contributed by atoms with Crippen LogP contribution in [-0.2, 0) is 9.16 Å². The van der Waals surface area contributed by atoms with Gasteiger partial charge >= 0.3 is 0 Å². The molecule has 0 aliphatic carbocycles. The molecule has 2 unspecified atom stereocenters. The molecule has 1 aliphatic heterocycles. The summed E-state index contributed by atoms with van der Waals surface area (Å²) in [6.45, 7) is 11.0. The Labute approximate surface area is 137 Å². The number of nitrogens with zero attached hydrogens (tertiary/aromatic N) is 2. The number of rotatable bonds is 4. The number of hydrogen-bond acceptors (Lipinski definition) is 5. The van der Waals surface area contributed by atoms with Crippen molar-refractivity contribution in [3.63, 3.8) is 0 Å². The molecule has 126 valence electrons. The van der Waals surface area contributed by atoms with Crippen LogP contribution in [0.4, 0.5) is 5.69 Å². The van der Waals surface area contributed by atoms with E-state index in [4.69, 9.17) is 9.16 Å². The summed E-state index contributed by atoms with van der Waals surface area (Å²) in [6, 6.07) is 1.64. The Morgan fingerprint density at radius 1 is 1.43 bits per heavy atom. The molecule has 2 heterocycles. The zero-order valence-corrected chi connectivity index (χ0v) is 15.3. The van der Waals surface area contributed by atoms with E-state index in [9.17, 15) is 10.1 Å². The summed E-state index contributed by atoms with van der Waals surface area (Å²) in [5.41, 5.74) is 0.525. The molecule has 0 amide bonds. The van der Waals surface area contributed by atoms with Gasteiger partial charge in [0.1, 0.15) is 12.3 Å². The van der Waals surface area contributed by atoms with Crippen LogP contribution >= 0.6 is 0 Å². The van der Waals surface area contributed by atoms with Gasteiger partial charge in [0.25, 0.3) is 5.69 Å². The molecular formula is C16H24N2O4Si.